The number of rotatable bonds is 2. The third-order valence-electron chi connectivity index (χ3n) is 0.780. The fraction of sp³-hybridized carbons (Fsp3) is 0. The van der Waals surface area contributed by atoms with Crippen LogP contribution in [0, 0.1) is 0 Å². The van der Waals surface area contributed by atoms with E-state index in [-0.39, 0.29) is 5.88 Å². The van der Waals surface area contributed by atoms with Crippen molar-refractivity contribution in [1.82, 2.24) is 4.98 Å². The van der Waals surface area contributed by atoms with Crippen LogP contribution in [0.1, 0.15) is 0 Å². The first-order chi connectivity index (χ1) is 4.79. The summed E-state index contributed by atoms with van der Waals surface area (Å²) in [5.74, 6) is 0.137. The molecule has 5 heteroatoms. The van der Waals surface area contributed by atoms with Gasteiger partial charge in [-0.3, -0.25) is 0 Å². The Balaban J connectivity index is 2.59. The minimum Gasteiger partial charge on any atom is -0.385 e. The molecule has 0 saturated carbocycles. The molecule has 1 aromatic rings. The van der Waals surface area contributed by atoms with Gasteiger partial charge in [-0.25, -0.2) is 4.98 Å². The highest BCUT2D eigenvalue weighted by Crippen LogP contribution is 1.97. The van der Waals surface area contributed by atoms with Gasteiger partial charge in [0.15, 0.2) is 0 Å². The van der Waals surface area contributed by atoms with Crippen LogP contribution in [0.15, 0.2) is 24.4 Å². The molecular formula is C5H4INO3. The Morgan fingerprint density at radius 3 is 2.70 bits per heavy atom. The summed E-state index contributed by atoms with van der Waals surface area (Å²) in [5, 5.41) is 0. The van der Waals surface area contributed by atoms with Gasteiger partial charge in [-0.2, -0.15) is 0 Å². The third-order valence-corrected chi connectivity index (χ3v) is 1.59. The average Bonchev–Trinajstić information content (AvgIpc) is 1.88. The fourth-order valence-corrected chi connectivity index (χ4v) is 1.09. The van der Waals surface area contributed by atoms with Crippen LogP contribution < -0.4 is 31.0 Å². The highest BCUT2D eigenvalue weighted by molar-refractivity contribution is 5.07. The predicted molar refractivity (Wildman–Crippen MR) is 24.9 cm³/mol. The van der Waals surface area contributed by atoms with Crippen LogP contribution in [0.4, 0.5) is 0 Å². The number of nitrogens with zero attached hydrogens (tertiary/aromatic N) is 1. The molecule has 0 fully saturated rings. The van der Waals surface area contributed by atoms with Crippen molar-refractivity contribution in [2.24, 2.45) is 0 Å². The monoisotopic (exact) mass is 253 g/mol. The molecule has 0 aliphatic rings. The lowest BCUT2D eigenvalue weighted by molar-refractivity contribution is -1.62. The number of pyridine rings is 1. The molecule has 0 radical (unpaired) electrons. The molecule has 0 unspecified atom stereocenters. The van der Waals surface area contributed by atoms with Gasteiger partial charge in [0, 0.05) is 12.3 Å². The molecule has 0 aromatic carbocycles. The highest BCUT2D eigenvalue weighted by Gasteiger charge is 2.13. The Labute approximate surface area is 66.5 Å². The van der Waals surface area contributed by atoms with E-state index in [9.17, 15) is 6.87 Å². The first-order valence-corrected chi connectivity index (χ1v) is 5.08. The van der Waals surface area contributed by atoms with Gasteiger partial charge in [-0.15, -0.1) is 3.07 Å². The first-order valence-electron chi connectivity index (χ1n) is 2.44. The molecule has 0 aliphatic carbocycles. The molecule has 1 heterocycles. The van der Waals surface area contributed by atoms with Crippen LogP contribution in [-0.4, -0.2) is 4.98 Å². The maximum atomic E-state index is 10.0. The predicted octanol–water partition coefficient (Wildman–Crippen LogP) is -4.45. The van der Waals surface area contributed by atoms with Crippen LogP contribution in [0.5, 0.6) is 5.88 Å². The van der Waals surface area contributed by atoms with E-state index >= 15 is 0 Å². The van der Waals surface area contributed by atoms with Crippen molar-refractivity contribution in [3.05, 3.63) is 24.4 Å². The lowest BCUT2D eigenvalue weighted by Gasteiger charge is -1.89. The molecule has 0 aliphatic heterocycles. The van der Waals surface area contributed by atoms with Crippen molar-refractivity contribution in [2.75, 3.05) is 0 Å². The number of hydrogen-bond acceptors (Lipinski definition) is 4. The molecule has 10 heavy (non-hydrogen) atoms. The van der Waals surface area contributed by atoms with Gasteiger partial charge < -0.3 is 6.87 Å². The Bertz CT molecular complexity index is 191. The quantitative estimate of drug-likeness (QED) is 0.499. The normalized spacial score (nSPS) is 9.90. The van der Waals surface area contributed by atoms with Gasteiger partial charge in [0.2, 0.25) is 0 Å². The van der Waals surface area contributed by atoms with Crippen LogP contribution in [-0.2, 0) is 0 Å². The Kier molecular flexibility index (Phi) is 2.84. The molecule has 0 bridgehead atoms. The van der Waals surface area contributed by atoms with Gasteiger partial charge in [-0.1, -0.05) is 6.07 Å². The van der Waals surface area contributed by atoms with E-state index in [0.717, 1.165) is 0 Å². The number of hydrogen-bond donors (Lipinski definition) is 0. The summed E-state index contributed by atoms with van der Waals surface area (Å²) in [5.41, 5.74) is 0. The van der Waals surface area contributed by atoms with Gasteiger partial charge in [0.25, 0.3) is 0 Å². The second kappa shape index (κ2) is 3.69. The Morgan fingerprint density at radius 2 is 2.20 bits per heavy atom. The van der Waals surface area contributed by atoms with E-state index in [1.54, 1.807) is 12.1 Å². The van der Waals surface area contributed by atoms with Gasteiger partial charge >= 0.3 is 26.9 Å². The molecule has 54 valence electrons. The maximum Gasteiger partial charge on any atom is 0.572 e. The van der Waals surface area contributed by atoms with Crippen LogP contribution in [0.25, 0.3) is 0 Å². The third kappa shape index (κ3) is 2.46. The summed E-state index contributed by atoms with van der Waals surface area (Å²) in [6.07, 6.45) is 1.47. The molecule has 0 saturated heterocycles. The van der Waals surface area contributed by atoms with Crippen molar-refractivity contribution in [2.45, 2.75) is 0 Å². The van der Waals surface area contributed by atoms with E-state index < -0.39 is 21.1 Å². The molecule has 0 N–H and O–H groups in total. The summed E-state index contributed by atoms with van der Waals surface area (Å²) in [7, 11) is 0. The fourth-order valence-electron chi connectivity index (χ4n) is 0.457. The zero-order chi connectivity index (χ0) is 7.40. The van der Waals surface area contributed by atoms with Crippen molar-refractivity contribution in [3.8, 4) is 5.88 Å². The minimum absolute atomic E-state index is 0.137. The first kappa shape index (κ1) is 7.70. The van der Waals surface area contributed by atoms with Crippen LogP contribution in [0.2, 0.25) is 0 Å². The molecule has 0 spiro atoms. The smallest absolute Gasteiger partial charge is 0.385 e. The molecular weight excluding hydrogens is 249 g/mol. The van der Waals surface area contributed by atoms with Gasteiger partial charge in [0.05, 0.1) is 0 Å². The molecule has 0 amide bonds. The maximum absolute atomic E-state index is 10.0. The van der Waals surface area contributed by atoms with Gasteiger partial charge in [0.1, 0.15) is 0 Å². The zero-order valence-electron chi connectivity index (χ0n) is 4.86. The molecule has 4 nitrogen and oxygen atoms in total. The lowest BCUT2D eigenvalue weighted by Crippen LogP contribution is -4.00. The lowest BCUT2D eigenvalue weighted by atomic mass is 10.5. The van der Waals surface area contributed by atoms with E-state index in [1.165, 1.54) is 12.3 Å². The summed E-state index contributed by atoms with van der Waals surface area (Å²) < 4.78 is 24.4. The van der Waals surface area contributed by atoms with Crippen molar-refractivity contribution >= 4 is 0 Å². The van der Waals surface area contributed by atoms with E-state index in [4.69, 9.17) is 0 Å². The topological polar surface area (TPSA) is 68.2 Å². The summed E-state index contributed by atoms with van der Waals surface area (Å²) in [6, 6.07) is 4.82. The second-order valence-electron chi connectivity index (χ2n) is 1.43. The van der Waals surface area contributed by atoms with Crippen molar-refractivity contribution in [3.63, 3.8) is 0 Å². The molecule has 1 rings (SSSR count). The average molecular weight is 253 g/mol. The van der Waals surface area contributed by atoms with Crippen LogP contribution in [0.3, 0.4) is 0 Å². The second-order valence-corrected chi connectivity index (χ2v) is 2.95. The van der Waals surface area contributed by atoms with Crippen molar-refractivity contribution in [1.29, 1.82) is 0 Å². The summed E-state index contributed by atoms with van der Waals surface area (Å²) in [4.78, 5) is 3.64. The number of aromatic nitrogens is 1. The Morgan fingerprint density at radius 1 is 1.40 bits per heavy atom. The Hall–Kier alpha value is -0.400. The van der Waals surface area contributed by atoms with E-state index in [1.807, 2.05) is 0 Å². The SMILES string of the molecule is [O-][I+2]([O-])Oc1ccccn1. The molecule has 1 aromatic heterocycles. The largest absolute Gasteiger partial charge is 0.572 e. The standard InChI is InChI=1S/C5H4INO3/c8-6(9)10-5-3-1-2-4-7-5/h1-4H. The van der Waals surface area contributed by atoms with E-state index in [2.05, 4.69) is 8.05 Å². The minimum atomic E-state index is -3.61. The highest BCUT2D eigenvalue weighted by atomic mass is 127. The summed E-state index contributed by atoms with van der Waals surface area (Å²) in [6.45, 7) is 0. The van der Waals surface area contributed by atoms with Crippen molar-refractivity contribution < 1.29 is 31.0 Å². The van der Waals surface area contributed by atoms with E-state index in [0.29, 0.717) is 0 Å². The van der Waals surface area contributed by atoms with Gasteiger partial charge in [-0.05, 0) is 6.07 Å². The molecule has 0 atom stereocenters. The summed E-state index contributed by atoms with van der Waals surface area (Å²) >= 11 is -3.61. The number of halogens is 1. The van der Waals surface area contributed by atoms with Crippen LogP contribution >= 0.6 is 0 Å². The zero-order valence-corrected chi connectivity index (χ0v) is 7.02.